The molecule has 7 nitrogen and oxygen atoms in total. The Hall–Kier alpha value is -1.99. The fraction of sp³-hybridized carbons (Fsp3) is 0.400. The first-order valence-corrected chi connectivity index (χ1v) is 7.78. The number of carbonyl (C=O) groups is 3. The maximum atomic E-state index is 11.9. The molecule has 0 aliphatic rings. The summed E-state index contributed by atoms with van der Waals surface area (Å²) >= 11 is 11.8. The molecule has 2 N–H and O–H groups in total. The predicted octanol–water partition coefficient (Wildman–Crippen LogP) is 2.64. The van der Waals surface area contributed by atoms with E-state index in [9.17, 15) is 14.4 Å². The minimum absolute atomic E-state index is 0.0582. The third-order valence-corrected chi connectivity index (χ3v) is 3.26. The lowest BCUT2D eigenvalue weighted by Gasteiger charge is -2.10. The van der Waals surface area contributed by atoms with Crippen LogP contribution in [0.3, 0.4) is 0 Å². The second kappa shape index (κ2) is 9.34. The van der Waals surface area contributed by atoms with Crippen molar-refractivity contribution in [2.24, 2.45) is 5.92 Å². The number of imide groups is 1. The van der Waals surface area contributed by atoms with Crippen LogP contribution in [0, 0.1) is 5.92 Å². The van der Waals surface area contributed by atoms with Gasteiger partial charge < -0.3 is 14.8 Å². The lowest BCUT2D eigenvalue weighted by Crippen LogP contribution is -2.42. The van der Waals surface area contributed by atoms with Gasteiger partial charge in [-0.25, -0.2) is 9.59 Å². The van der Waals surface area contributed by atoms with Gasteiger partial charge in [0, 0.05) is 6.54 Å². The minimum atomic E-state index is -0.806. The molecule has 0 heterocycles. The molecule has 0 radical (unpaired) electrons. The van der Waals surface area contributed by atoms with Gasteiger partial charge in [0.15, 0.2) is 12.4 Å². The van der Waals surface area contributed by atoms with Gasteiger partial charge in [0.2, 0.25) is 0 Å². The van der Waals surface area contributed by atoms with Crippen LogP contribution < -0.4 is 15.4 Å². The molecule has 0 spiro atoms. The minimum Gasteiger partial charge on any atom is -0.494 e. The molecule has 0 fully saturated rings. The molecule has 9 heteroatoms. The number of hydrogen-bond acceptors (Lipinski definition) is 5. The number of benzene rings is 1. The largest absolute Gasteiger partial charge is 0.494 e. The van der Waals surface area contributed by atoms with E-state index in [-0.39, 0.29) is 27.3 Å². The van der Waals surface area contributed by atoms with Gasteiger partial charge in [-0.05, 0) is 18.1 Å². The maximum Gasteiger partial charge on any atom is 0.338 e. The van der Waals surface area contributed by atoms with Crippen molar-refractivity contribution in [2.45, 2.75) is 13.8 Å². The van der Waals surface area contributed by atoms with Crippen LogP contribution >= 0.6 is 23.2 Å². The standard InChI is InChI=1S/C15H18Cl2N2O5/c1-8(2)6-18-15(22)19-12(20)7-24-14(21)9-4-10(16)13(23-3)11(17)5-9/h4-5,8H,6-7H2,1-3H3,(H2,18,19,20,22). The van der Waals surface area contributed by atoms with E-state index >= 15 is 0 Å². The fourth-order valence-electron chi connectivity index (χ4n) is 1.59. The summed E-state index contributed by atoms with van der Waals surface area (Å²) in [6.07, 6.45) is 0. The Kier molecular flexibility index (Phi) is 7.81. The molecule has 24 heavy (non-hydrogen) atoms. The molecule has 1 aromatic rings. The second-order valence-electron chi connectivity index (χ2n) is 5.20. The number of halogens is 2. The number of hydrogen-bond donors (Lipinski definition) is 2. The van der Waals surface area contributed by atoms with Gasteiger partial charge in [0.25, 0.3) is 5.91 Å². The summed E-state index contributed by atoms with van der Waals surface area (Å²) in [4.78, 5) is 34.8. The molecular formula is C15H18Cl2N2O5. The highest BCUT2D eigenvalue weighted by atomic mass is 35.5. The van der Waals surface area contributed by atoms with Gasteiger partial charge in [-0.15, -0.1) is 0 Å². The highest BCUT2D eigenvalue weighted by Crippen LogP contribution is 2.33. The van der Waals surface area contributed by atoms with Gasteiger partial charge in [-0.3, -0.25) is 10.1 Å². The lowest BCUT2D eigenvalue weighted by atomic mass is 10.2. The average molecular weight is 377 g/mol. The molecule has 132 valence electrons. The summed E-state index contributed by atoms with van der Waals surface area (Å²) in [5.74, 6) is -1.09. The van der Waals surface area contributed by atoms with Crippen molar-refractivity contribution >= 4 is 41.1 Å². The molecule has 0 bridgehead atoms. The first-order chi connectivity index (χ1) is 11.2. The Bertz CT molecular complexity index is 611. The van der Waals surface area contributed by atoms with Crippen molar-refractivity contribution in [3.05, 3.63) is 27.7 Å². The van der Waals surface area contributed by atoms with Crippen molar-refractivity contribution in [1.82, 2.24) is 10.6 Å². The number of rotatable bonds is 6. The van der Waals surface area contributed by atoms with Gasteiger partial charge in [-0.1, -0.05) is 37.0 Å². The smallest absolute Gasteiger partial charge is 0.338 e. The second-order valence-corrected chi connectivity index (χ2v) is 6.02. The van der Waals surface area contributed by atoms with Crippen molar-refractivity contribution in [2.75, 3.05) is 20.3 Å². The topological polar surface area (TPSA) is 93.7 Å². The molecule has 1 aromatic carbocycles. The average Bonchev–Trinajstić information content (AvgIpc) is 2.50. The van der Waals surface area contributed by atoms with Gasteiger partial charge in [-0.2, -0.15) is 0 Å². The molecule has 3 amide bonds. The molecule has 0 aromatic heterocycles. The molecule has 0 saturated carbocycles. The van der Waals surface area contributed by atoms with E-state index < -0.39 is 24.5 Å². The molecule has 0 saturated heterocycles. The number of carbonyl (C=O) groups excluding carboxylic acids is 3. The van der Waals surface area contributed by atoms with E-state index in [4.69, 9.17) is 32.7 Å². The Morgan fingerprint density at radius 3 is 2.25 bits per heavy atom. The molecule has 0 atom stereocenters. The number of urea groups is 1. The Balaban J connectivity index is 2.54. The summed E-state index contributed by atoms with van der Waals surface area (Å²) in [5, 5.41) is 4.81. The third-order valence-electron chi connectivity index (χ3n) is 2.70. The van der Waals surface area contributed by atoms with E-state index in [1.54, 1.807) is 0 Å². The Labute approximate surface area is 149 Å². The molecule has 0 unspecified atom stereocenters. The van der Waals surface area contributed by atoms with E-state index in [1.165, 1.54) is 19.2 Å². The van der Waals surface area contributed by atoms with E-state index in [2.05, 4.69) is 5.32 Å². The fourth-order valence-corrected chi connectivity index (χ4v) is 2.23. The van der Waals surface area contributed by atoms with Crippen molar-refractivity contribution in [1.29, 1.82) is 0 Å². The summed E-state index contributed by atoms with van der Waals surface area (Å²) in [7, 11) is 1.39. The van der Waals surface area contributed by atoms with E-state index in [0.29, 0.717) is 6.54 Å². The highest BCUT2D eigenvalue weighted by molar-refractivity contribution is 6.37. The van der Waals surface area contributed by atoms with Crippen LogP contribution in [0.5, 0.6) is 5.75 Å². The first kappa shape index (κ1) is 20.1. The lowest BCUT2D eigenvalue weighted by molar-refractivity contribution is -0.123. The summed E-state index contributed by atoms with van der Waals surface area (Å²) in [6, 6.07) is 1.96. The van der Waals surface area contributed by atoms with Crippen LogP contribution in [0.15, 0.2) is 12.1 Å². The number of ether oxygens (including phenoxy) is 2. The Morgan fingerprint density at radius 1 is 1.17 bits per heavy atom. The van der Waals surface area contributed by atoms with Crippen LogP contribution in [-0.4, -0.2) is 38.2 Å². The van der Waals surface area contributed by atoms with Crippen LogP contribution in [0.1, 0.15) is 24.2 Å². The van der Waals surface area contributed by atoms with Crippen LogP contribution in [-0.2, 0) is 9.53 Å². The van der Waals surface area contributed by atoms with Crippen molar-refractivity contribution < 1.29 is 23.9 Å². The number of esters is 1. The van der Waals surface area contributed by atoms with Crippen molar-refractivity contribution in [3.8, 4) is 5.75 Å². The SMILES string of the molecule is COc1c(Cl)cc(C(=O)OCC(=O)NC(=O)NCC(C)C)cc1Cl. The summed E-state index contributed by atoms with van der Waals surface area (Å²) in [6.45, 7) is 3.63. The summed E-state index contributed by atoms with van der Waals surface area (Å²) < 4.78 is 9.78. The zero-order valence-electron chi connectivity index (χ0n) is 13.4. The summed E-state index contributed by atoms with van der Waals surface area (Å²) in [5.41, 5.74) is 0.0582. The maximum absolute atomic E-state index is 11.9. The van der Waals surface area contributed by atoms with Crippen LogP contribution in [0.25, 0.3) is 0 Å². The van der Waals surface area contributed by atoms with E-state index in [0.717, 1.165) is 0 Å². The monoisotopic (exact) mass is 376 g/mol. The molecule has 1 rings (SSSR count). The van der Waals surface area contributed by atoms with Gasteiger partial charge in [0.05, 0.1) is 22.7 Å². The molecule has 0 aliphatic heterocycles. The number of nitrogens with one attached hydrogen (secondary N) is 2. The zero-order chi connectivity index (χ0) is 18.3. The first-order valence-electron chi connectivity index (χ1n) is 7.02. The number of amides is 3. The highest BCUT2D eigenvalue weighted by Gasteiger charge is 2.16. The quantitative estimate of drug-likeness (QED) is 0.744. The van der Waals surface area contributed by atoms with Gasteiger partial charge in [0.1, 0.15) is 0 Å². The zero-order valence-corrected chi connectivity index (χ0v) is 15.0. The van der Waals surface area contributed by atoms with Gasteiger partial charge >= 0.3 is 12.0 Å². The normalized spacial score (nSPS) is 10.2. The van der Waals surface area contributed by atoms with Crippen molar-refractivity contribution in [3.63, 3.8) is 0 Å². The molecule has 0 aliphatic carbocycles. The number of methoxy groups -OCH3 is 1. The van der Waals surface area contributed by atoms with E-state index in [1.807, 2.05) is 19.2 Å². The molecular weight excluding hydrogens is 359 g/mol. The predicted molar refractivity (Wildman–Crippen MR) is 89.7 cm³/mol. The van der Waals surface area contributed by atoms with Crippen LogP contribution in [0.2, 0.25) is 10.0 Å². The third kappa shape index (κ3) is 6.25. The van der Waals surface area contributed by atoms with Crippen LogP contribution in [0.4, 0.5) is 4.79 Å². The Morgan fingerprint density at radius 2 is 1.75 bits per heavy atom.